The van der Waals surface area contributed by atoms with Gasteiger partial charge in [0.15, 0.2) is 0 Å². The number of nitrogens with zero attached hydrogens (tertiary/aromatic N) is 1. The van der Waals surface area contributed by atoms with Crippen molar-refractivity contribution in [3.05, 3.63) is 35.4 Å². The van der Waals surface area contributed by atoms with Crippen molar-refractivity contribution in [2.24, 2.45) is 4.99 Å². The van der Waals surface area contributed by atoms with Crippen molar-refractivity contribution in [1.82, 2.24) is 10.6 Å². The van der Waals surface area contributed by atoms with E-state index in [1.807, 2.05) is 39.8 Å². The van der Waals surface area contributed by atoms with Gasteiger partial charge >= 0.3 is 0 Å². The Morgan fingerprint density at radius 3 is 2.28 bits per heavy atom. The lowest BCUT2D eigenvalue weighted by atomic mass is 10.1. The second-order valence-electron chi connectivity index (χ2n) is 7.31. The average Bonchev–Trinajstić information content (AvgIpc) is 2.51. The molecule has 138 valence electrons. The molecule has 0 aliphatic heterocycles. The maximum Gasteiger partial charge on any atom is 0.251 e. The van der Waals surface area contributed by atoms with Crippen LogP contribution in [0.2, 0.25) is 0 Å². The first kappa shape index (κ1) is 20.8. The molecule has 6 nitrogen and oxygen atoms in total. The molecule has 0 aromatic heterocycles. The smallest absolute Gasteiger partial charge is 0.251 e. The Morgan fingerprint density at radius 2 is 1.76 bits per heavy atom. The van der Waals surface area contributed by atoms with Crippen LogP contribution in [-0.4, -0.2) is 49.4 Å². The van der Waals surface area contributed by atoms with Crippen LogP contribution in [0.5, 0.6) is 0 Å². The molecule has 0 heterocycles. The fourth-order valence-corrected chi connectivity index (χ4v) is 2.20. The zero-order chi connectivity index (χ0) is 19.1. The Labute approximate surface area is 150 Å². The zero-order valence-corrected chi connectivity index (χ0v) is 16.0. The molecule has 0 radical (unpaired) electrons. The van der Waals surface area contributed by atoms with Crippen LogP contribution in [0.15, 0.2) is 29.3 Å². The number of hydrogen-bond donors (Lipinski definition) is 2. The van der Waals surface area contributed by atoms with Crippen molar-refractivity contribution in [2.45, 2.75) is 45.8 Å². The summed E-state index contributed by atoms with van der Waals surface area (Å²) in [6.07, 6.45) is 1.73. The normalized spacial score (nSPS) is 12.2. The molecule has 2 N–H and O–H groups in total. The predicted octanol–water partition coefficient (Wildman–Crippen LogP) is 2.17. The highest BCUT2D eigenvalue weighted by Gasteiger charge is 2.26. The summed E-state index contributed by atoms with van der Waals surface area (Å²) in [6.45, 7) is 9.77. The third-order valence-corrected chi connectivity index (χ3v) is 3.46. The Bertz CT molecular complexity index is 619. The standard InChI is InChI=1S/C19H29N3O3/c1-14(23)22-18(2,3)13-25-19(4,5)12-21-17(24)16-9-7-15(8-10-16)11-20-6/h7-11H,12-13H2,1-6H3,(H,21,24)(H,22,23). The van der Waals surface area contributed by atoms with E-state index in [4.69, 9.17) is 4.74 Å². The monoisotopic (exact) mass is 347 g/mol. The van der Waals surface area contributed by atoms with E-state index in [1.165, 1.54) is 6.92 Å². The van der Waals surface area contributed by atoms with Crippen LogP contribution < -0.4 is 10.6 Å². The van der Waals surface area contributed by atoms with Crippen molar-refractivity contribution in [3.8, 4) is 0 Å². The Balaban J connectivity index is 2.54. The lowest BCUT2D eigenvalue weighted by molar-refractivity contribution is -0.122. The van der Waals surface area contributed by atoms with E-state index in [9.17, 15) is 9.59 Å². The van der Waals surface area contributed by atoms with Crippen LogP contribution in [0.1, 0.15) is 50.5 Å². The molecule has 0 atom stereocenters. The van der Waals surface area contributed by atoms with Gasteiger partial charge < -0.3 is 15.4 Å². The molecule has 0 spiro atoms. The summed E-state index contributed by atoms with van der Waals surface area (Å²) < 4.78 is 5.89. The van der Waals surface area contributed by atoms with Crippen LogP contribution in [0.4, 0.5) is 0 Å². The summed E-state index contributed by atoms with van der Waals surface area (Å²) in [5.41, 5.74) is 0.509. The summed E-state index contributed by atoms with van der Waals surface area (Å²) >= 11 is 0. The molecule has 1 rings (SSSR count). The summed E-state index contributed by atoms with van der Waals surface area (Å²) in [5, 5.41) is 5.72. The van der Waals surface area contributed by atoms with Crippen molar-refractivity contribution >= 4 is 18.0 Å². The summed E-state index contributed by atoms with van der Waals surface area (Å²) in [6, 6.07) is 7.22. The van der Waals surface area contributed by atoms with E-state index in [0.717, 1.165) is 5.56 Å². The molecule has 25 heavy (non-hydrogen) atoms. The van der Waals surface area contributed by atoms with Crippen LogP contribution in [0.25, 0.3) is 0 Å². The van der Waals surface area contributed by atoms with Crippen LogP contribution in [0.3, 0.4) is 0 Å². The number of aliphatic imine (C=N–C) groups is 1. The summed E-state index contributed by atoms with van der Waals surface area (Å²) in [4.78, 5) is 27.4. The molecular formula is C19H29N3O3. The molecule has 0 saturated heterocycles. The predicted molar refractivity (Wildman–Crippen MR) is 100 cm³/mol. The van der Waals surface area contributed by atoms with Crippen molar-refractivity contribution in [2.75, 3.05) is 20.2 Å². The lowest BCUT2D eigenvalue weighted by Gasteiger charge is -2.32. The number of hydrogen-bond acceptors (Lipinski definition) is 4. The first-order chi connectivity index (χ1) is 11.5. The van der Waals surface area contributed by atoms with E-state index in [1.54, 1.807) is 25.4 Å². The SMILES string of the molecule is CN=Cc1ccc(C(=O)NCC(C)(C)OCC(C)(C)NC(C)=O)cc1. The minimum atomic E-state index is -0.555. The Hall–Kier alpha value is -2.21. The highest BCUT2D eigenvalue weighted by Crippen LogP contribution is 2.13. The number of nitrogens with one attached hydrogen (secondary N) is 2. The molecule has 2 amide bonds. The van der Waals surface area contributed by atoms with E-state index in [-0.39, 0.29) is 11.8 Å². The number of rotatable bonds is 8. The molecule has 0 fully saturated rings. The van der Waals surface area contributed by atoms with Crippen LogP contribution in [-0.2, 0) is 9.53 Å². The largest absolute Gasteiger partial charge is 0.371 e. The topological polar surface area (TPSA) is 79.8 Å². The fourth-order valence-electron chi connectivity index (χ4n) is 2.20. The number of carbonyl (C=O) groups excluding carboxylic acids is 2. The minimum Gasteiger partial charge on any atom is -0.371 e. The van der Waals surface area contributed by atoms with Gasteiger partial charge in [0.05, 0.1) is 17.7 Å². The van der Waals surface area contributed by atoms with E-state index in [2.05, 4.69) is 15.6 Å². The molecule has 6 heteroatoms. The average molecular weight is 347 g/mol. The van der Waals surface area contributed by atoms with Crippen molar-refractivity contribution in [1.29, 1.82) is 0 Å². The first-order valence-corrected chi connectivity index (χ1v) is 8.28. The third kappa shape index (κ3) is 7.94. The Morgan fingerprint density at radius 1 is 1.16 bits per heavy atom. The van der Waals surface area contributed by atoms with Gasteiger partial charge in [-0.15, -0.1) is 0 Å². The fraction of sp³-hybridized carbons (Fsp3) is 0.526. The molecule has 0 bridgehead atoms. The highest BCUT2D eigenvalue weighted by molar-refractivity contribution is 5.95. The number of ether oxygens (including phenoxy) is 1. The van der Waals surface area contributed by atoms with E-state index < -0.39 is 11.1 Å². The highest BCUT2D eigenvalue weighted by atomic mass is 16.5. The van der Waals surface area contributed by atoms with Gasteiger partial charge in [-0.3, -0.25) is 14.6 Å². The number of amides is 2. The zero-order valence-electron chi connectivity index (χ0n) is 16.0. The van der Waals surface area contributed by atoms with Gasteiger partial charge in [-0.2, -0.15) is 0 Å². The minimum absolute atomic E-state index is 0.101. The van der Waals surface area contributed by atoms with Gasteiger partial charge in [-0.25, -0.2) is 0 Å². The van der Waals surface area contributed by atoms with Gasteiger partial charge in [-0.05, 0) is 45.4 Å². The van der Waals surface area contributed by atoms with Gasteiger partial charge in [0, 0.05) is 32.3 Å². The van der Waals surface area contributed by atoms with Gasteiger partial charge in [0.1, 0.15) is 0 Å². The molecule has 0 unspecified atom stereocenters. The summed E-state index contributed by atoms with van der Waals surface area (Å²) in [5.74, 6) is -0.256. The molecular weight excluding hydrogens is 318 g/mol. The van der Waals surface area contributed by atoms with Crippen LogP contribution in [0, 0.1) is 0 Å². The van der Waals surface area contributed by atoms with Gasteiger partial charge in [0.25, 0.3) is 5.91 Å². The lowest BCUT2D eigenvalue weighted by Crippen LogP contribution is -2.49. The van der Waals surface area contributed by atoms with Crippen molar-refractivity contribution < 1.29 is 14.3 Å². The Kier molecular flexibility index (Phi) is 7.30. The first-order valence-electron chi connectivity index (χ1n) is 8.28. The van der Waals surface area contributed by atoms with Gasteiger partial charge in [0.2, 0.25) is 5.91 Å². The third-order valence-electron chi connectivity index (χ3n) is 3.46. The van der Waals surface area contributed by atoms with Crippen molar-refractivity contribution in [3.63, 3.8) is 0 Å². The molecule has 0 aliphatic carbocycles. The number of carbonyl (C=O) groups is 2. The molecule has 1 aromatic carbocycles. The maximum absolute atomic E-state index is 12.2. The molecule has 0 aliphatic rings. The molecule has 1 aromatic rings. The number of benzene rings is 1. The van der Waals surface area contributed by atoms with E-state index >= 15 is 0 Å². The van der Waals surface area contributed by atoms with E-state index in [0.29, 0.717) is 18.7 Å². The summed E-state index contributed by atoms with van der Waals surface area (Å²) in [7, 11) is 1.70. The molecule has 0 saturated carbocycles. The second kappa shape index (κ2) is 8.76. The van der Waals surface area contributed by atoms with Crippen LogP contribution >= 0.6 is 0 Å². The quantitative estimate of drug-likeness (QED) is 0.707. The maximum atomic E-state index is 12.2. The van der Waals surface area contributed by atoms with Gasteiger partial charge in [-0.1, -0.05) is 12.1 Å². The second-order valence-corrected chi connectivity index (χ2v) is 7.31.